The molecule has 1 heterocycles. The van der Waals surface area contributed by atoms with E-state index in [9.17, 15) is 18.0 Å². The molecule has 1 aliphatic heterocycles. The molecule has 0 radical (unpaired) electrons. The van der Waals surface area contributed by atoms with Crippen molar-refractivity contribution >= 4 is 11.6 Å². The Morgan fingerprint density at radius 1 is 1.30 bits per heavy atom. The quantitative estimate of drug-likeness (QED) is 0.834. The Morgan fingerprint density at radius 3 is 2.55 bits per heavy atom. The number of halogens is 3. The molecule has 0 atom stereocenters. The van der Waals surface area contributed by atoms with Crippen LogP contribution in [0.25, 0.3) is 0 Å². The molecule has 0 unspecified atom stereocenters. The Bertz CT molecular complexity index is 517. The van der Waals surface area contributed by atoms with Crippen LogP contribution in [0, 0.1) is 22.9 Å². The van der Waals surface area contributed by atoms with Crippen molar-refractivity contribution in [2.45, 2.75) is 12.8 Å². The van der Waals surface area contributed by atoms with Gasteiger partial charge in [0.25, 0.3) is 0 Å². The van der Waals surface area contributed by atoms with Gasteiger partial charge in [-0.1, -0.05) is 0 Å². The average Bonchev–Trinajstić information content (AvgIpc) is 2.44. The predicted molar refractivity (Wildman–Crippen MR) is 66.5 cm³/mol. The van der Waals surface area contributed by atoms with Crippen LogP contribution in [0.3, 0.4) is 0 Å². The summed E-state index contributed by atoms with van der Waals surface area (Å²) in [4.78, 5) is 12.2. The first-order valence-corrected chi connectivity index (χ1v) is 6.22. The fourth-order valence-corrected chi connectivity index (χ4v) is 2.19. The predicted octanol–water partition coefficient (Wildman–Crippen LogP) is 1.80. The molecule has 1 amide bonds. The molecule has 110 valence electrons. The van der Waals surface area contributed by atoms with E-state index in [4.69, 9.17) is 10.5 Å². The smallest absolute Gasteiger partial charge is 0.232 e. The van der Waals surface area contributed by atoms with E-state index in [0.717, 1.165) is 6.07 Å². The van der Waals surface area contributed by atoms with Crippen LogP contribution in [0.4, 0.5) is 18.9 Å². The summed E-state index contributed by atoms with van der Waals surface area (Å²) < 4.78 is 44.9. The highest BCUT2D eigenvalue weighted by Crippen LogP contribution is 2.31. The van der Waals surface area contributed by atoms with Crippen LogP contribution in [0.1, 0.15) is 12.8 Å². The Morgan fingerprint density at radius 2 is 1.95 bits per heavy atom. The van der Waals surface area contributed by atoms with Gasteiger partial charge < -0.3 is 15.8 Å². The topological polar surface area (TPSA) is 64.4 Å². The summed E-state index contributed by atoms with van der Waals surface area (Å²) in [5.74, 6) is -4.16. The van der Waals surface area contributed by atoms with E-state index in [-0.39, 0.29) is 6.54 Å². The third-order valence-electron chi connectivity index (χ3n) is 3.56. The van der Waals surface area contributed by atoms with Crippen LogP contribution >= 0.6 is 0 Å². The third-order valence-corrected chi connectivity index (χ3v) is 3.56. The Balaban J connectivity index is 2.22. The lowest BCUT2D eigenvalue weighted by Gasteiger charge is -2.34. The second kappa shape index (κ2) is 5.80. The fraction of sp³-hybridized carbons (Fsp3) is 0.462. The number of carbonyl (C=O) groups is 1. The van der Waals surface area contributed by atoms with Gasteiger partial charge in [0.1, 0.15) is 5.82 Å². The van der Waals surface area contributed by atoms with Gasteiger partial charge in [-0.2, -0.15) is 0 Å². The van der Waals surface area contributed by atoms with Crippen molar-refractivity contribution in [1.29, 1.82) is 0 Å². The van der Waals surface area contributed by atoms with Crippen LogP contribution in [0.5, 0.6) is 0 Å². The first kappa shape index (κ1) is 14.8. The van der Waals surface area contributed by atoms with Gasteiger partial charge in [0.05, 0.1) is 11.1 Å². The third kappa shape index (κ3) is 2.78. The zero-order valence-electron chi connectivity index (χ0n) is 10.7. The molecular weight excluding hydrogens is 273 g/mol. The molecule has 2 rings (SSSR count). The van der Waals surface area contributed by atoms with E-state index in [1.165, 1.54) is 0 Å². The maximum atomic E-state index is 13.5. The number of nitrogens with one attached hydrogen (secondary N) is 1. The summed E-state index contributed by atoms with van der Waals surface area (Å²) in [6, 6.07) is 1.15. The average molecular weight is 288 g/mol. The summed E-state index contributed by atoms with van der Waals surface area (Å²) in [6.07, 6.45) is 0.767. The summed E-state index contributed by atoms with van der Waals surface area (Å²) in [7, 11) is 0. The van der Waals surface area contributed by atoms with Crippen molar-refractivity contribution in [3.05, 3.63) is 29.6 Å². The van der Waals surface area contributed by atoms with Crippen LogP contribution in [0.15, 0.2) is 12.1 Å². The zero-order chi connectivity index (χ0) is 14.8. The number of amides is 1. The SMILES string of the molecule is NCC1(C(=O)Nc2cc(F)cc(F)c2F)CCOCC1. The first-order valence-electron chi connectivity index (χ1n) is 6.22. The van der Waals surface area contributed by atoms with E-state index >= 15 is 0 Å². The van der Waals surface area contributed by atoms with Gasteiger partial charge >= 0.3 is 0 Å². The van der Waals surface area contributed by atoms with Gasteiger partial charge in [-0.15, -0.1) is 0 Å². The van der Waals surface area contributed by atoms with E-state index in [0.29, 0.717) is 32.1 Å². The number of hydrogen-bond donors (Lipinski definition) is 2. The number of rotatable bonds is 3. The molecule has 0 bridgehead atoms. The van der Waals surface area contributed by atoms with E-state index in [1.807, 2.05) is 0 Å². The summed E-state index contributed by atoms with van der Waals surface area (Å²) in [5, 5.41) is 2.22. The second-order valence-electron chi connectivity index (χ2n) is 4.80. The normalized spacial score (nSPS) is 17.8. The molecule has 1 aromatic carbocycles. The van der Waals surface area contributed by atoms with Crippen molar-refractivity contribution in [3.8, 4) is 0 Å². The van der Waals surface area contributed by atoms with Crippen LogP contribution < -0.4 is 11.1 Å². The number of carbonyl (C=O) groups excluding carboxylic acids is 1. The Labute approximate surface area is 114 Å². The number of benzene rings is 1. The summed E-state index contributed by atoms with van der Waals surface area (Å²) in [6.45, 7) is 0.789. The number of nitrogens with two attached hydrogens (primary N) is 1. The van der Waals surface area contributed by atoms with Gasteiger partial charge in [-0.3, -0.25) is 4.79 Å². The molecule has 7 heteroatoms. The summed E-state index contributed by atoms with van der Waals surface area (Å²) >= 11 is 0. The highest BCUT2D eigenvalue weighted by Gasteiger charge is 2.39. The van der Waals surface area contributed by atoms with Crippen LogP contribution in [-0.2, 0) is 9.53 Å². The van der Waals surface area contributed by atoms with Crippen LogP contribution in [-0.4, -0.2) is 25.7 Å². The van der Waals surface area contributed by atoms with Crippen molar-refractivity contribution in [2.24, 2.45) is 11.1 Å². The lowest BCUT2D eigenvalue weighted by atomic mass is 9.79. The van der Waals surface area contributed by atoms with E-state index < -0.39 is 34.5 Å². The van der Waals surface area contributed by atoms with Gasteiger partial charge in [0.15, 0.2) is 11.6 Å². The lowest BCUT2D eigenvalue weighted by Crippen LogP contribution is -2.46. The lowest BCUT2D eigenvalue weighted by molar-refractivity contribution is -0.130. The molecule has 1 aliphatic rings. The van der Waals surface area contributed by atoms with Crippen LogP contribution in [0.2, 0.25) is 0 Å². The largest absolute Gasteiger partial charge is 0.381 e. The summed E-state index contributed by atoms with van der Waals surface area (Å²) in [5.41, 5.74) is 4.22. The molecule has 0 saturated carbocycles. The number of hydrogen-bond acceptors (Lipinski definition) is 3. The minimum atomic E-state index is -1.35. The highest BCUT2D eigenvalue weighted by molar-refractivity contribution is 5.95. The maximum absolute atomic E-state index is 13.5. The van der Waals surface area contributed by atoms with Gasteiger partial charge in [-0.25, -0.2) is 13.2 Å². The van der Waals surface area contributed by atoms with Crippen molar-refractivity contribution in [3.63, 3.8) is 0 Å². The standard InChI is InChI=1S/C13H15F3N2O2/c14-8-5-9(15)11(16)10(6-8)18-12(19)13(7-17)1-3-20-4-2-13/h5-6H,1-4,7,17H2,(H,18,19). The number of anilines is 1. The molecule has 20 heavy (non-hydrogen) atoms. The minimum absolute atomic E-state index is 0.0572. The zero-order valence-corrected chi connectivity index (χ0v) is 10.7. The highest BCUT2D eigenvalue weighted by atomic mass is 19.2. The van der Waals surface area contributed by atoms with Crippen molar-refractivity contribution in [2.75, 3.05) is 25.1 Å². The molecule has 0 spiro atoms. The van der Waals surface area contributed by atoms with Gasteiger partial charge in [-0.05, 0) is 12.8 Å². The molecule has 0 aliphatic carbocycles. The minimum Gasteiger partial charge on any atom is -0.381 e. The Kier molecular flexibility index (Phi) is 4.29. The second-order valence-corrected chi connectivity index (χ2v) is 4.80. The molecule has 1 saturated heterocycles. The van der Waals surface area contributed by atoms with Gasteiger partial charge in [0.2, 0.25) is 5.91 Å². The Hall–Kier alpha value is -1.60. The number of ether oxygens (including phenoxy) is 1. The molecule has 1 aromatic rings. The molecule has 0 aromatic heterocycles. The van der Waals surface area contributed by atoms with E-state index in [2.05, 4.69) is 5.32 Å². The fourth-order valence-electron chi connectivity index (χ4n) is 2.19. The molecule has 4 nitrogen and oxygen atoms in total. The molecular formula is C13H15F3N2O2. The monoisotopic (exact) mass is 288 g/mol. The van der Waals surface area contributed by atoms with Gasteiger partial charge in [0, 0.05) is 31.9 Å². The van der Waals surface area contributed by atoms with E-state index in [1.54, 1.807) is 0 Å². The molecule has 1 fully saturated rings. The van der Waals surface area contributed by atoms with Crippen molar-refractivity contribution < 1.29 is 22.7 Å². The van der Waals surface area contributed by atoms with Crippen molar-refractivity contribution in [1.82, 2.24) is 0 Å². The molecule has 3 N–H and O–H groups in total. The maximum Gasteiger partial charge on any atom is 0.232 e. The first-order chi connectivity index (χ1) is 9.48.